The van der Waals surface area contributed by atoms with Crippen LogP contribution in [0.2, 0.25) is 0 Å². The molecule has 0 aliphatic carbocycles. The maximum atomic E-state index is 13.6. The van der Waals surface area contributed by atoms with Crippen LogP contribution >= 0.6 is 11.6 Å². The maximum Gasteiger partial charge on any atom is 0.220 e. The van der Waals surface area contributed by atoms with Crippen molar-refractivity contribution >= 4 is 38.8 Å². The average Bonchev–Trinajstić information content (AvgIpc) is 2.31. The molecular weight excluding hydrogens is 293 g/mol. The van der Waals surface area contributed by atoms with E-state index >= 15 is 0 Å². The highest BCUT2D eigenvalue weighted by atomic mass is 35.5. The van der Waals surface area contributed by atoms with Gasteiger partial charge in [0.1, 0.15) is 12.5 Å². The van der Waals surface area contributed by atoms with Gasteiger partial charge in [0.05, 0.1) is 12.1 Å². The van der Waals surface area contributed by atoms with Crippen molar-refractivity contribution < 1.29 is 12.8 Å². The normalized spacial score (nSPS) is 15.5. The average molecular weight is 304 g/mol. The van der Waals surface area contributed by atoms with Crippen LogP contribution in [0.25, 0.3) is 0 Å². The number of sulfone groups is 1. The summed E-state index contributed by atoms with van der Waals surface area (Å²) in [5.41, 5.74) is 0.728. The molecule has 0 saturated heterocycles. The minimum absolute atomic E-state index is 0.119. The van der Waals surface area contributed by atoms with E-state index in [0.29, 0.717) is 5.69 Å². The fourth-order valence-electron chi connectivity index (χ4n) is 1.61. The molecule has 0 atom stereocenters. The van der Waals surface area contributed by atoms with Gasteiger partial charge in [-0.15, -0.1) is 0 Å². The lowest BCUT2D eigenvalue weighted by atomic mass is 10.2. The molecule has 0 radical (unpaired) electrons. The highest BCUT2D eigenvalue weighted by molar-refractivity contribution is 7.89. The summed E-state index contributed by atoms with van der Waals surface area (Å²) >= 11 is 5.60. The number of nitrogens with zero attached hydrogens (tertiary/aromatic N) is 3. The van der Waals surface area contributed by atoms with Crippen molar-refractivity contribution in [3.05, 3.63) is 29.6 Å². The van der Waals surface area contributed by atoms with Crippen molar-refractivity contribution in [1.82, 2.24) is 0 Å². The molecule has 0 fully saturated rings. The minimum atomic E-state index is -3.30. The SMILES string of the molecule is CS(=O)(=O)Cc1cc(N2C=NC(Cl)=NC2)ccc1F. The quantitative estimate of drug-likeness (QED) is 0.800. The molecule has 0 aromatic heterocycles. The number of amidine groups is 1. The summed E-state index contributed by atoms with van der Waals surface area (Å²) in [5, 5.41) is 0.148. The molecule has 0 unspecified atom stereocenters. The van der Waals surface area contributed by atoms with Gasteiger partial charge in [0.15, 0.2) is 9.84 Å². The number of rotatable bonds is 3. The predicted molar refractivity (Wildman–Crippen MR) is 74.1 cm³/mol. The first kappa shape index (κ1) is 14.0. The van der Waals surface area contributed by atoms with Gasteiger partial charge in [-0.05, 0) is 29.8 Å². The summed E-state index contributed by atoms with van der Waals surface area (Å²) in [6.45, 7) is 0.256. The number of benzene rings is 1. The highest BCUT2D eigenvalue weighted by Gasteiger charge is 2.14. The predicted octanol–water partition coefficient (Wildman–Crippen LogP) is 1.77. The summed E-state index contributed by atoms with van der Waals surface area (Å²) < 4.78 is 36.0. The van der Waals surface area contributed by atoms with Gasteiger partial charge in [-0.25, -0.2) is 22.8 Å². The lowest BCUT2D eigenvalue weighted by Crippen LogP contribution is -2.25. The minimum Gasteiger partial charge on any atom is -0.312 e. The van der Waals surface area contributed by atoms with E-state index in [1.807, 2.05) is 0 Å². The highest BCUT2D eigenvalue weighted by Crippen LogP contribution is 2.21. The van der Waals surface area contributed by atoms with Crippen LogP contribution in [0, 0.1) is 5.82 Å². The number of aliphatic imine (C=N–C) groups is 2. The van der Waals surface area contributed by atoms with E-state index in [4.69, 9.17) is 11.6 Å². The zero-order chi connectivity index (χ0) is 14.0. The van der Waals surface area contributed by atoms with Crippen molar-refractivity contribution in [2.75, 3.05) is 17.8 Å². The smallest absolute Gasteiger partial charge is 0.220 e. The van der Waals surface area contributed by atoms with Crippen LogP contribution in [-0.2, 0) is 15.6 Å². The van der Waals surface area contributed by atoms with Crippen molar-refractivity contribution in [3.63, 3.8) is 0 Å². The van der Waals surface area contributed by atoms with Crippen LogP contribution < -0.4 is 4.90 Å². The monoisotopic (exact) mass is 303 g/mol. The Kier molecular flexibility index (Phi) is 3.86. The summed E-state index contributed by atoms with van der Waals surface area (Å²) in [7, 11) is -3.30. The largest absolute Gasteiger partial charge is 0.312 e. The molecule has 8 heteroatoms. The first-order valence-electron chi connectivity index (χ1n) is 5.32. The third-order valence-electron chi connectivity index (χ3n) is 2.44. The third-order valence-corrected chi connectivity index (χ3v) is 3.49. The van der Waals surface area contributed by atoms with Crippen LogP contribution in [0.4, 0.5) is 10.1 Å². The molecule has 1 heterocycles. The van der Waals surface area contributed by atoms with Crippen LogP contribution in [0.15, 0.2) is 28.2 Å². The molecule has 0 saturated carbocycles. The van der Waals surface area contributed by atoms with Crippen molar-refractivity contribution in [2.45, 2.75) is 5.75 Å². The number of hydrogen-bond donors (Lipinski definition) is 0. The van der Waals surface area contributed by atoms with E-state index in [2.05, 4.69) is 9.98 Å². The molecule has 1 aliphatic heterocycles. The van der Waals surface area contributed by atoms with Crippen LogP contribution in [-0.4, -0.2) is 33.0 Å². The van der Waals surface area contributed by atoms with Crippen LogP contribution in [0.5, 0.6) is 0 Å². The van der Waals surface area contributed by atoms with E-state index < -0.39 is 15.7 Å². The zero-order valence-electron chi connectivity index (χ0n) is 10.0. The Morgan fingerprint density at radius 3 is 2.79 bits per heavy atom. The van der Waals surface area contributed by atoms with E-state index in [9.17, 15) is 12.8 Å². The van der Waals surface area contributed by atoms with E-state index in [-0.39, 0.29) is 23.3 Å². The lowest BCUT2D eigenvalue weighted by Gasteiger charge is -2.20. The molecule has 0 N–H and O–H groups in total. The van der Waals surface area contributed by atoms with E-state index in [1.165, 1.54) is 24.5 Å². The van der Waals surface area contributed by atoms with Gasteiger partial charge in [-0.2, -0.15) is 0 Å². The molecule has 5 nitrogen and oxygen atoms in total. The molecule has 19 heavy (non-hydrogen) atoms. The Hall–Kier alpha value is -1.47. The topological polar surface area (TPSA) is 62.1 Å². The second-order valence-corrected chi connectivity index (χ2v) is 6.61. The van der Waals surface area contributed by atoms with Crippen LogP contribution in [0.3, 0.4) is 0 Å². The molecule has 0 amide bonds. The van der Waals surface area contributed by atoms with Crippen molar-refractivity contribution in [1.29, 1.82) is 0 Å². The van der Waals surface area contributed by atoms with E-state index in [1.54, 1.807) is 4.90 Å². The van der Waals surface area contributed by atoms with Gasteiger partial charge in [-0.3, -0.25) is 0 Å². The van der Waals surface area contributed by atoms with Gasteiger partial charge in [0.2, 0.25) is 5.29 Å². The Morgan fingerprint density at radius 2 is 2.21 bits per heavy atom. The third kappa shape index (κ3) is 3.74. The van der Waals surface area contributed by atoms with Gasteiger partial charge >= 0.3 is 0 Å². The molecule has 1 aliphatic rings. The fraction of sp³-hybridized carbons (Fsp3) is 0.273. The van der Waals surface area contributed by atoms with Gasteiger partial charge in [0.25, 0.3) is 0 Å². The second-order valence-electron chi connectivity index (χ2n) is 4.13. The first-order chi connectivity index (χ1) is 8.85. The summed E-state index contributed by atoms with van der Waals surface area (Å²) in [4.78, 5) is 9.37. The standard InChI is InChI=1S/C11H11ClFN3O2S/c1-19(17,18)5-8-4-9(2-3-10(8)13)16-6-14-11(12)15-7-16/h2-4,6H,5,7H2,1H3. The molecule has 102 valence electrons. The molecule has 2 rings (SSSR count). The first-order valence-corrected chi connectivity index (χ1v) is 7.76. The Labute approximate surface area is 115 Å². The fourth-order valence-corrected chi connectivity index (χ4v) is 2.49. The van der Waals surface area contributed by atoms with Gasteiger partial charge in [-0.1, -0.05) is 0 Å². The Morgan fingerprint density at radius 1 is 1.47 bits per heavy atom. The van der Waals surface area contributed by atoms with Gasteiger partial charge in [0, 0.05) is 17.5 Å². The molecule has 1 aromatic carbocycles. The maximum absolute atomic E-state index is 13.6. The van der Waals surface area contributed by atoms with Crippen molar-refractivity contribution in [2.24, 2.45) is 9.98 Å². The summed E-state index contributed by atoms with van der Waals surface area (Å²) in [6, 6.07) is 4.22. The zero-order valence-corrected chi connectivity index (χ0v) is 11.6. The van der Waals surface area contributed by atoms with Crippen LogP contribution in [0.1, 0.15) is 5.56 Å². The molecule has 0 spiro atoms. The van der Waals surface area contributed by atoms with E-state index in [0.717, 1.165) is 6.26 Å². The lowest BCUT2D eigenvalue weighted by molar-refractivity contribution is 0.591. The molecular formula is C11H11ClFN3O2S. The summed E-state index contributed by atoms with van der Waals surface area (Å²) in [6.07, 6.45) is 2.53. The van der Waals surface area contributed by atoms with Crippen molar-refractivity contribution in [3.8, 4) is 0 Å². The Bertz CT molecular complexity index is 658. The second kappa shape index (κ2) is 5.26. The number of halogens is 2. The Balaban J connectivity index is 2.29. The number of anilines is 1. The molecule has 1 aromatic rings. The van der Waals surface area contributed by atoms with Gasteiger partial charge < -0.3 is 4.90 Å². The molecule has 0 bridgehead atoms. The summed E-state index contributed by atoms with van der Waals surface area (Å²) in [5.74, 6) is -0.897. The number of hydrogen-bond acceptors (Lipinski definition) is 5.